The van der Waals surface area contributed by atoms with Gasteiger partial charge in [0.1, 0.15) is 5.75 Å². The number of benzene rings is 2. The highest BCUT2D eigenvalue weighted by Crippen LogP contribution is 2.44. The summed E-state index contributed by atoms with van der Waals surface area (Å²) >= 11 is 0. The van der Waals surface area contributed by atoms with Gasteiger partial charge in [0.15, 0.2) is 5.54 Å². The van der Waals surface area contributed by atoms with Crippen LogP contribution in [0.15, 0.2) is 36.4 Å². The van der Waals surface area contributed by atoms with Crippen LogP contribution in [0.2, 0.25) is 0 Å². The molecular formula is C34H46N2O5. The first-order valence-electron chi connectivity index (χ1n) is 15.3. The molecular weight excluding hydrogens is 516 g/mol. The van der Waals surface area contributed by atoms with Crippen molar-refractivity contribution in [2.45, 2.75) is 116 Å². The Balaban J connectivity index is 2.02. The Labute approximate surface area is 244 Å². The van der Waals surface area contributed by atoms with Crippen LogP contribution in [-0.4, -0.2) is 23.4 Å². The molecule has 0 spiro atoms. The number of ketones is 2. The second kappa shape index (κ2) is 14.9. The van der Waals surface area contributed by atoms with Gasteiger partial charge in [0.05, 0.1) is 5.56 Å². The van der Waals surface area contributed by atoms with E-state index >= 15 is 0 Å². The summed E-state index contributed by atoms with van der Waals surface area (Å²) in [5.41, 5.74) is 5.56. The molecule has 1 aliphatic rings. The zero-order valence-corrected chi connectivity index (χ0v) is 25.1. The molecule has 1 aliphatic carbocycles. The van der Waals surface area contributed by atoms with Crippen LogP contribution in [-0.2, 0) is 15.1 Å². The van der Waals surface area contributed by atoms with E-state index in [2.05, 4.69) is 19.2 Å². The van der Waals surface area contributed by atoms with Gasteiger partial charge in [-0.25, -0.2) is 0 Å². The normalized spacial score (nSPS) is 16.2. The number of anilines is 1. The van der Waals surface area contributed by atoms with E-state index in [9.17, 15) is 19.2 Å². The summed E-state index contributed by atoms with van der Waals surface area (Å²) in [6, 6.07) is 9.89. The van der Waals surface area contributed by atoms with Gasteiger partial charge >= 0.3 is 5.97 Å². The molecule has 3 N–H and O–H groups in total. The predicted molar refractivity (Wildman–Crippen MR) is 162 cm³/mol. The van der Waals surface area contributed by atoms with Gasteiger partial charge in [0.25, 0.3) is 0 Å². The third kappa shape index (κ3) is 7.43. The van der Waals surface area contributed by atoms with Crippen molar-refractivity contribution >= 4 is 29.1 Å². The second-order valence-electron chi connectivity index (χ2n) is 11.4. The summed E-state index contributed by atoms with van der Waals surface area (Å²) in [5, 5.41) is 2.82. The maximum Gasteiger partial charge on any atom is 0.311 e. The molecule has 41 heavy (non-hydrogen) atoms. The molecule has 0 aliphatic heterocycles. The Hall–Kier alpha value is -3.48. The number of ether oxygens (including phenoxy) is 1. The average Bonchev–Trinajstić information content (AvgIpc) is 3.15. The lowest BCUT2D eigenvalue weighted by molar-refractivity contribution is -0.134. The predicted octanol–water partition coefficient (Wildman–Crippen LogP) is 7.41. The molecule has 7 heteroatoms. The molecule has 2 aromatic rings. The van der Waals surface area contributed by atoms with Gasteiger partial charge in [-0.15, -0.1) is 0 Å². The van der Waals surface area contributed by atoms with E-state index in [1.54, 1.807) is 30.3 Å². The quantitative estimate of drug-likeness (QED) is 0.0724. The summed E-state index contributed by atoms with van der Waals surface area (Å²) in [6.45, 7) is 8.27. The van der Waals surface area contributed by atoms with Crippen LogP contribution in [0.25, 0.3) is 0 Å². The number of carbonyl (C=O) groups excluding carboxylic acids is 4. The van der Waals surface area contributed by atoms with Crippen molar-refractivity contribution in [1.29, 1.82) is 0 Å². The maximum absolute atomic E-state index is 14.2. The van der Waals surface area contributed by atoms with E-state index < -0.39 is 29.0 Å². The number of esters is 1. The summed E-state index contributed by atoms with van der Waals surface area (Å²) < 4.78 is 5.89. The van der Waals surface area contributed by atoms with Crippen LogP contribution >= 0.6 is 0 Å². The van der Waals surface area contributed by atoms with Gasteiger partial charge < -0.3 is 15.8 Å². The Kier molecular flexibility index (Phi) is 11.7. The topological polar surface area (TPSA) is 116 Å². The van der Waals surface area contributed by atoms with Crippen LogP contribution < -0.4 is 15.8 Å². The highest BCUT2D eigenvalue weighted by Gasteiger charge is 2.57. The lowest BCUT2D eigenvalue weighted by Crippen LogP contribution is -2.54. The number of unbranched alkanes of at least 4 members (excludes halogenated alkanes) is 8. The number of nitrogens with one attached hydrogen (secondary N) is 1. The van der Waals surface area contributed by atoms with E-state index in [1.807, 2.05) is 19.9 Å². The Morgan fingerprint density at radius 1 is 0.854 bits per heavy atom. The number of rotatable bonds is 16. The number of nitrogen functional groups attached to an aromatic ring is 1. The van der Waals surface area contributed by atoms with Gasteiger partial charge in [0.2, 0.25) is 17.5 Å². The fraction of sp³-hybridized carbons (Fsp3) is 0.529. The standard InChI is InChI=1S/C34H46N2O5/c1-5-7-9-11-13-18-29(37)36-34(32(39)25-16-15-17-27(35)31(25)33(34)40)26-21-20-24(23(3)4)22-28(26)41-30(38)19-14-12-10-8-6-2/h15-17,20-23H,5-14,18-19,35H2,1-4H3,(H,36,37). The summed E-state index contributed by atoms with van der Waals surface area (Å²) in [7, 11) is 0. The molecule has 0 radical (unpaired) electrons. The van der Waals surface area contributed by atoms with Gasteiger partial charge in [-0.2, -0.15) is 0 Å². The van der Waals surface area contributed by atoms with Crippen LogP contribution in [0.1, 0.15) is 143 Å². The summed E-state index contributed by atoms with van der Waals surface area (Å²) in [4.78, 5) is 54.6. The first kappa shape index (κ1) is 32.0. The van der Waals surface area contributed by atoms with E-state index in [0.29, 0.717) is 12.8 Å². The number of carbonyl (C=O) groups is 4. The lowest BCUT2D eigenvalue weighted by atomic mass is 9.82. The zero-order chi connectivity index (χ0) is 30.0. The number of amides is 1. The monoisotopic (exact) mass is 562 g/mol. The average molecular weight is 563 g/mol. The second-order valence-corrected chi connectivity index (χ2v) is 11.4. The third-order valence-corrected chi connectivity index (χ3v) is 7.87. The van der Waals surface area contributed by atoms with Crippen molar-refractivity contribution in [3.05, 3.63) is 58.7 Å². The first-order chi connectivity index (χ1) is 19.7. The molecule has 222 valence electrons. The van der Waals surface area contributed by atoms with Gasteiger partial charge in [0, 0.05) is 29.7 Å². The van der Waals surface area contributed by atoms with Crippen molar-refractivity contribution in [3.63, 3.8) is 0 Å². The third-order valence-electron chi connectivity index (χ3n) is 7.87. The molecule has 0 fully saturated rings. The highest BCUT2D eigenvalue weighted by atomic mass is 16.5. The number of hydrogen-bond donors (Lipinski definition) is 2. The molecule has 0 heterocycles. The molecule has 1 unspecified atom stereocenters. The van der Waals surface area contributed by atoms with Crippen LogP contribution in [0, 0.1) is 0 Å². The first-order valence-corrected chi connectivity index (χ1v) is 15.3. The molecule has 0 bridgehead atoms. The SMILES string of the molecule is CCCCCCCC(=O)NC1(c2ccc(C(C)C)cc2OC(=O)CCCCCCC)C(=O)c2cccc(N)c2C1=O. The van der Waals surface area contributed by atoms with Gasteiger partial charge in [-0.05, 0) is 36.5 Å². The minimum atomic E-state index is -2.06. The smallest absolute Gasteiger partial charge is 0.311 e. The number of Topliss-reactive ketones (excluding diaryl/α,β-unsaturated/α-hetero) is 2. The van der Waals surface area contributed by atoms with Crippen LogP contribution in [0.5, 0.6) is 5.75 Å². The van der Waals surface area contributed by atoms with Crippen molar-refractivity contribution in [3.8, 4) is 5.75 Å². The largest absolute Gasteiger partial charge is 0.426 e. The number of hydrogen-bond acceptors (Lipinski definition) is 6. The fourth-order valence-electron chi connectivity index (χ4n) is 5.43. The van der Waals surface area contributed by atoms with E-state index in [-0.39, 0.29) is 46.9 Å². The maximum atomic E-state index is 14.2. The van der Waals surface area contributed by atoms with E-state index in [4.69, 9.17) is 10.5 Å². The van der Waals surface area contributed by atoms with Crippen LogP contribution in [0.3, 0.4) is 0 Å². The molecule has 0 saturated carbocycles. The molecule has 1 atom stereocenters. The zero-order valence-electron chi connectivity index (χ0n) is 25.1. The number of fused-ring (bicyclic) bond motifs is 1. The molecule has 7 nitrogen and oxygen atoms in total. The molecule has 3 rings (SSSR count). The van der Waals surface area contributed by atoms with Crippen molar-refractivity contribution in [1.82, 2.24) is 5.32 Å². The van der Waals surface area contributed by atoms with Crippen molar-refractivity contribution in [2.75, 3.05) is 5.73 Å². The van der Waals surface area contributed by atoms with E-state index in [1.165, 1.54) is 0 Å². The van der Waals surface area contributed by atoms with E-state index in [0.717, 1.165) is 56.9 Å². The minimum Gasteiger partial charge on any atom is -0.426 e. The molecule has 1 amide bonds. The van der Waals surface area contributed by atoms with Crippen LogP contribution in [0.4, 0.5) is 5.69 Å². The summed E-state index contributed by atoms with van der Waals surface area (Å²) in [6.07, 6.45) is 10.0. The van der Waals surface area contributed by atoms with Gasteiger partial charge in [-0.1, -0.05) is 103 Å². The minimum absolute atomic E-state index is 0.0851. The molecule has 0 aromatic heterocycles. The Morgan fingerprint density at radius 3 is 2.10 bits per heavy atom. The molecule has 2 aromatic carbocycles. The lowest BCUT2D eigenvalue weighted by Gasteiger charge is -2.30. The number of nitrogens with two attached hydrogens (primary N) is 1. The van der Waals surface area contributed by atoms with Crippen molar-refractivity contribution in [2.24, 2.45) is 0 Å². The Bertz CT molecular complexity index is 1250. The van der Waals surface area contributed by atoms with Gasteiger partial charge in [-0.3, -0.25) is 19.2 Å². The summed E-state index contributed by atoms with van der Waals surface area (Å²) in [5.74, 6) is -1.80. The highest BCUT2D eigenvalue weighted by molar-refractivity contribution is 6.35. The van der Waals surface area contributed by atoms with Crippen molar-refractivity contribution < 1.29 is 23.9 Å². The Morgan fingerprint density at radius 2 is 1.49 bits per heavy atom. The molecule has 0 saturated heterocycles. The fourth-order valence-corrected chi connectivity index (χ4v) is 5.43.